The fraction of sp³-hybridized carbons (Fsp3) is 0.188. The second-order valence-electron chi connectivity index (χ2n) is 10.0. The monoisotopic (exact) mass is 520 g/mol. The van der Waals surface area contributed by atoms with Crippen molar-refractivity contribution in [3.63, 3.8) is 0 Å². The molecular weight excluding hydrogens is 492 g/mol. The zero-order chi connectivity index (χ0) is 26.4. The Hall–Kier alpha value is -4.03. The largest absolute Gasteiger partial charge is 0.334 e. The summed E-state index contributed by atoms with van der Waals surface area (Å²) in [4.78, 5) is 32.2. The molecule has 0 unspecified atom stereocenters. The summed E-state index contributed by atoms with van der Waals surface area (Å²) in [5.74, 6) is -0.306. The van der Waals surface area contributed by atoms with Gasteiger partial charge in [0.05, 0.1) is 38.4 Å². The zero-order valence-electron chi connectivity index (χ0n) is 21.4. The fourth-order valence-electron chi connectivity index (χ4n) is 5.35. The van der Waals surface area contributed by atoms with Crippen molar-refractivity contribution in [2.45, 2.75) is 43.1 Å². The van der Waals surface area contributed by atoms with Crippen LogP contribution < -0.4 is 4.90 Å². The lowest BCUT2D eigenvalue weighted by molar-refractivity contribution is 0.0734. The molecule has 1 atom stereocenters. The summed E-state index contributed by atoms with van der Waals surface area (Å²) >= 11 is 0. The van der Waals surface area contributed by atoms with Gasteiger partial charge in [-0.1, -0.05) is 60.2 Å². The average Bonchev–Trinajstić information content (AvgIpc) is 3.03. The van der Waals surface area contributed by atoms with E-state index in [1.807, 2.05) is 36.9 Å². The Bertz CT molecular complexity index is 1630. The number of carbonyl (C=O) groups excluding carboxylic acids is 2. The summed E-state index contributed by atoms with van der Waals surface area (Å²) in [7, 11) is -1.56. The van der Waals surface area contributed by atoms with Gasteiger partial charge in [0.15, 0.2) is 0 Å². The molecule has 0 bridgehead atoms. The van der Waals surface area contributed by atoms with Gasteiger partial charge in [0.25, 0.3) is 11.8 Å². The second kappa shape index (κ2) is 9.69. The molecule has 0 saturated heterocycles. The Kier molecular flexibility index (Phi) is 6.20. The SMILES string of the molecule is Cc1ccc(C)c(CN2C(=O)c3ccccc3[S@@](=O)c3ccc(C(=O)N4CCc5ccccc5C4)cc32)c1. The maximum absolute atomic E-state index is 14.0. The molecule has 0 saturated carbocycles. The van der Waals surface area contributed by atoms with Gasteiger partial charge in [-0.3, -0.25) is 9.59 Å². The summed E-state index contributed by atoms with van der Waals surface area (Å²) in [5.41, 5.74) is 7.06. The molecule has 0 spiro atoms. The van der Waals surface area contributed by atoms with Crippen molar-refractivity contribution in [2.75, 3.05) is 11.4 Å². The van der Waals surface area contributed by atoms with Crippen LogP contribution >= 0.6 is 0 Å². The van der Waals surface area contributed by atoms with Gasteiger partial charge in [-0.15, -0.1) is 0 Å². The maximum atomic E-state index is 14.0. The first-order valence-electron chi connectivity index (χ1n) is 12.8. The van der Waals surface area contributed by atoms with Crippen molar-refractivity contribution in [1.29, 1.82) is 0 Å². The highest BCUT2D eigenvalue weighted by atomic mass is 32.2. The predicted molar refractivity (Wildman–Crippen MR) is 149 cm³/mol. The molecule has 0 aromatic heterocycles. The number of aryl methyl sites for hydroxylation is 2. The highest BCUT2D eigenvalue weighted by Crippen LogP contribution is 2.37. The van der Waals surface area contributed by atoms with E-state index in [2.05, 4.69) is 24.3 Å². The molecule has 4 aromatic rings. The van der Waals surface area contributed by atoms with E-state index in [-0.39, 0.29) is 11.8 Å². The zero-order valence-corrected chi connectivity index (χ0v) is 22.3. The minimum absolute atomic E-state index is 0.0889. The number of nitrogens with zero attached hydrogens (tertiary/aromatic N) is 2. The van der Waals surface area contributed by atoms with Gasteiger partial charge >= 0.3 is 0 Å². The van der Waals surface area contributed by atoms with E-state index in [1.165, 1.54) is 5.56 Å². The van der Waals surface area contributed by atoms with Crippen LogP contribution in [0, 0.1) is 13.8 Å². The normalized spacial score (nSPS) is 16.4. The standard InChI is InChI=1S/C32H28N2O3S/c1-21-11-12-22(2)26(17-21)20-34-28-18-24(31(35)33-16-15-23-7-3-4-8-25(23)19-33)13-14-30(28)38(37)29-10-6-5-9-27(29)32(34)36/h3-14,17-18H,15-16,19-20H2,1-2H3/t38-/m1/s1. The third-order valence-electron chi connectivity index (χ3n) is 7.51. The van der Waals surface area contributed by atoms with Crippen LogP contribution in [0.15, 0.2) is 94.7 Å². The number of carbonyl (C=O) groups is 2. The van der Waals surface area contributed by atoms with Crippen molar-refractivity contribution in [3.05, 3.63) is 124 Å². The van der Waals surface area contributed by atoms with Crippen LogP contribution in [0.1, 0.15) is 48.5 Å². The molecule has 6 heteroatoms. The lowest BCUT2D eigenvalue weighted by atomic mass is 9.99. The molecule has 0 fully saturated rings. The first-order chi connectivity index (χ1) is 18.4. The van der Waals surface area contributed by atoms with Crippen LogP contribution in [-0.4, -0.2) is 27.5 Å². The first-order valence-corrected chi connectivity index (χ1v) is 13.9. The van der Waals surface area contributed by atoms with E-state index in [9.17, 15) is 13.8 Å². The van der Waals surface area contributed by atoms with Crippen molar-refractivity contribution in [3.8, 4) is 0 Å². The van der Waals surface area contributed by atoms with E-state index in [0.29, 0.717) is 46.2 Å². The molecule has 0 radical (unpaired) electrons. The summed E-state index contributed by atoms with van der Waals surface area (Å²) in [6, 6.07) is 26.7. The molecule has 2 amide bonds. The molecule has 2 heterocycles. The van der Waals surface area contributed by atoms with E-state index in [4.69, 9.17) is 0 Å². The summed E-state index contributed by atoms with van der Waals surface area (Å²) in [5, 5.41) is 0. The molecule has 5 nitrogen and oxygen atoms in total. The number of hydrogen-bond acceptors (Lipinski definition) is 3. The number of hydrogen-bond donors (Lipinski definition) is 0. The molecule has 38 heavy (non-hydrogen) atoms. The van der Waals surface area contributed by atoms with E-state index < -0.39 is 10.8 Å². The summed E-state index contributed by atoms with van der Waals surface area (Å²) < 4.78 is 13.7. The Morgan fingerprint density at radius 3 is 2.47 bits per heavy atom. The van der Waals surface area contributed by atoms with Crippen LogP contribution in [0.2, 0.25) is 0 Å². The number of fused-ring (bicyclic) bond motifs is 3. The van der Waals surface area contributed by atoms with Gasteiger partial charge in [-0.05, 0) is 72.9 Å². The van der Waals surface area contributed by atoms with E-state index in [1.54, 1.807) is 47.4 Å². The minimum atomic E-state index is -1.56. The van der Waals surface area contributed by atoms with Crippen molar-refractivity contribution in [1.82, 2.24) is 4.90 Å². The third-order valence-corrected chi connectivity index (χ3v) is 9.01. The second-order valence-corrected chi connectivity index (χ2v) is 11.4. The molecule has 0 N–H and O–H groups in total. The Labute approximate surface area is 225 Å². The topological polar surface area (TPSA) is 57.7 Å². The number of anilines is 1. The molecule has 4 aromatic carbocycles. The molecule has 0 aliphatic carbocycles. The maximum Gasteiger partial charge on any atom is 0.259 e. The quantitative estimate of drug-likeness (QED) is 0.342. The fourth-order valence-corrected chi connectivity index (χ4v) is 6.69. The molecule has 2 aliphatic heterocycles. The third kappa shape index (κ3) is 4.25. The van der Waals surface area contributed by atoms with Crippen molar-refractivity contribution in [2.24, 2.45) is 0 Å². The first kappa shape index (κ1) is 24.3. The van der Waals surface area contributed by atoms with Crippen LogP contribution in [-0.2, 0) is 30.3 Å². The van der Waals surface area contributed by atoms with Gasteiger partial charge in [0.1, 0.15) is 0 Å². The van der Waals surface area contributed by atoms with Crippen molar-refractivity contribution < 1.29 is 13.8 Å². The van der Waals surface area contributed by atoms with Gasteiger partial charge in [0.2, 0.25) is 0 Å². The number of benzene rings is 4. The van der Waals surface area contributed by atoms with Gasteiger partial charge < -0.3 is 9.80 Å². The summed E-state index contributed by atoms with van der Waals surface area (Å²) in [6.07, 6.45) is 0.809. The molecule has 6 rings (SSSR count). The Balaban J connectivity index is 1.44. The number of rotatable bonds is 3. The van der Waals surface area contributed by atoms with Gasteiger partial charge in [0, 0.05) is 18.7 Å². The minimum Gasteiger partial charge on any atom is -0.334 e. The average molecular weight is 521 g/mol. The van der Waals surface area contributed by atoms with Crippen LogP contribution in [0.4, 0.5) is 5.69 Å². The van der Waals surface area contributed by atoms with Crippen LogP contribution in [0.3, 0.4) is 0 Å². The smallest absolute Gasteiger partial charge is 0.259 e. The highest BCUT2D eigenvalue weighted by Gasteiger charge is 2.32. The lowest BCUT2D eigenvalue weighted by Gasteiger charge is -2.29. The lowest BCUT2D eigenvalue weighted by Crippen LogP contribution is -2.36. The molecule has 190 valence electrons. The van der Waals surface area contributed by atoms with E-state index in [0.717, 1.165) is 28.7 Å². The van der Waals surface area contributed by atoms with E-state index >= 15 is 0 Å². The molecular formula is C32H28N2O3S. The molecule has 2 aliphatic rings. The van der Waals surface area contributed by atoms with Crippen LogP contribution in [0.25, 0.3) is 0 Å². The van der Waals surface area contributed by atoms with Gasteiger partial charge in [-0.25, -0.2) is 4.21 Å². The Morgan fingerprint density at radius 2 is 1.63 bits per heavy atom. The predicted octanol–water partition coefficient (Wildman–Crippen LogP) is 5.83. The number of amides is 2. The van der Waals surface area contributed by atoms with Gasteiger partial charge in [-0.2, -0.15) is 0 Å². The summed E-state index contributed by atoms with van der Waals surface area (Å²) in [6.45, 7) is 5.56. The van der Waals surface area contributed by atoms with Crippen LogP contribution in [0.5, 0.6) is 0 Å². The highest BCUT2D eigenvalue weighted by molar-refractivity contribution is 7.85. The Morgan fingerprint density at radius 1 is 0.868 bits per heavy atom. The van der Waals surface area contributed by atoms with Crippen molar-refractivity contribution >= 4 is 28.3 Å².